The van der Waals surface area contributed by atoms with E-state index in [0.29, 0.717) is 22.7 Å². The molecule has 0 bridgehead atoms. The van der Waals surface area contributed by atoms with Crippen molar-refractivity contribution in [3.05, 3.63) is 58.9 Å². The Labute approximate surface area is 109 Å². The van der Waals surface area contributed by atoms with Crippen molar-refractivity contribution in [3.63, 3.8) is 0 Å². The third-order valence-electron chi connectivity index (χ3n) is 2.59. The summed E-state index contributed by atoms with van der Waals surface area (Å²) in [6.45, 7) is 0. The molecule has 0 fully saturated rings. The van der Waals surface area contributed by atoms with Crippen LogP contribution in [-0.2, 0) is 6.42 Å². The van der Waals surface area contributed by atoms with Crippen molar-refractivity contribution >= 4 is 11.6 Å². The van der Waals surface area contributed by atoms with E-state index in [1.165, 1.54) is 18.5 Å². The number of hydrazine groups is 1. The molecule has 0 saturated carbocycles. The van der Waals surface area contributed by atoms with Crippen LogP contribution in [0.1, 0.15) is 17.3 Å². The van der Waals surface area contributed by atoms with Gasteiger partial charge < -0.3 is 0 Å². The predicted octanol–water partition coefficient (Wildman–Crippen LogP) is 2.02. The van der Waals surface area contributed by atoms with Gasteiger partial charge in [0.05, 0.1) is 11.7 Å². The first-order valence-corrected chi connectivity index (χ1v) is 5.74. The molecular formula is C12H12ClFN4. The van der Waals surface area contributed by atoms with E-state index in [1.807, 2.05) is 0 Å². The van der Waals surface area contributed by atoms with Crippen LogP contribution in [0.2, 0.25) is 5.02 Å². The molecule has 6 heteroatoms. The van der Waals surface area contributed by atoms with E-state index in [9.17, 15) is 4.39 Å². The van der Waals surface area contributed by atoms with E-state index < -0.39 is 0 Å². The second-order valence-corrected chi connectivity index (χ2v) is 4.23. The topological polar surface area (TPSA) is 63.8 Å². The number of nitrogens with one attached hydrogen (secondary N) is 1. The van der Waals surface area contributed by atoms with Crippen molar-refractivity contribution in [2.24, 2.45) is 5.84 Å². The summed E-state index contributed by atoms with van der Waals surface area (Å²) in [5, 5.41) is 0.491. The molecule has 0 aliphatic carbocycles. The van der Waals surface area contributed by atoms with E-state index >= 15 is 0 Å². The largest absolute Gasteiger partial charge is 0.271 e. The lowest BCUT2D eigenvalue weighted by atomic mass is 10.0. The zero-order valence-electron chi connectivity index (χ0n) is 9.48. The number of halogens is 2. The Kier molecular flexibility index (Phi) is 4.19. The first-order valence-electron chi connectivity index (χ1n) is 5.36. The van der Waals surface area contributed by atoms with Gasteiger partial charge in [0.15, 0.2) is 0 Å². The number of nitrogens with zero attached hydrogens (tertiary/aromatic N) is 2. The number of hydrogen-bond donors (Lipinski definition) is 2. The minimum atomic E-state index is -0.311. The van der Waals surface area contributed by atoms with Crippen LogP contribution in [-0.4, -0.2) is 9.97 Å². The van der Waals surface area contributed by atoms with Gasteiger partial charge in [0, 0.05) is 11.2 Å². The van der Waals surface area contributed by atoms with Crippen LogP contribution < -0.4 is 11.3 Å². The first-order chi connectivity index (χ1) is 8.70. The molecule has 0 aliphatic heterocycles. The number of rotatable bonds is 4. The second kappa shape index (κ2) is 5.86. The molecule has 94 valence electrons. The standard InChI is InChI=1S/C12H12ClFN4/c13-9-1-2-10(14)8(5-9)6-12(18-15)11-3-4-16-7-17-11/h1-5,7,12,18H,6,15H2. The molecule has 1 unspecified atom stereocenters. The Morgan fingerprint density at radius 3 is 2.89 bits per heavy atom. The second-order valence-electron chi connectivity index (χ2n) is 3.79. The summed E-state index contributed by atoms with van der Waals surface area (Å²) in [5.41, 5.74) is 3.80. The average Bonchev–Trinajstić information content (AvgIpc) is 2.41. The molecular weight excluding hydrogens is 255 g/mol. The van der Waals surface area contributed by atoms with Gasteiger partial charge in [-0.3, -0.25) is 11.3 Å². The smallest absolute Gasteiger partial charge is 0.126 e. The lowest BCUT2D eigenvalue weighted by Crippen LogP contribution is -2.30. The Bertz CT molecular complexity index is 521. The molecule has 3 N–H and O–H groups in total. The molecule has 1 atom stereocenters. The van der Waals surface area contributed by atoms with Crippen LogP contribution in [0.15, 0.2) is 36.8 Å². The maximum atomic E-state index is 13.6. The Hall–Kier alpha value is -1.56. The minimum Gasteiger partial charge on any atom is -0.271 e. The average molecular weight is 267 g/mol. The fourth-order valence-electron chi connectivity index (χ4n) is 1.68. The SMILES string of the molecule is NNC(Cc1cc(Cl)ccc1F)c1ccncn1. The molecule has 1 heterocycles. The van der Waals surface area contributed by atoms with Crippen LogP contribution in [0, 0.1) is 5.82 Å². The van der Waals surface area contributed by atoms with Gasteiger partial charge >= 0.3 is 0 Å². The van der Waals surface area contributed by atoms with Gasteiger partial charge in [-0.15, -0.1) is 0 Å². The Balaban J connectivity index is 2.23. The van der Waals surface area contributed by atoms with Gasteiger partial charge in [-0.2, -0.15) is 0 Å². The van der Waals surface area contributed by atoms with Gasteiger partial charge in [-0.1, -0.05) is 11.6 Å². The fraction of sp³-hybridized carbons (Fsp3) is 0.167. The number of benzene rings is 1. The van der Waals surface area contributed by atoms with Crippen molar-refractivity contribution < 1.29 is 4.39 Å². The van der Waals surface area contributed by atoms with Crippen molar-refractivity contribution in [1.82, 2.24) is 15.4 Å². The normalized spacial score (nSPS) is 12.4. The van der Waals surface area contributed by atoms with Crippen molar-refractivity contribution in [3.8, 4) is 0 Å². The monoisotopic (exact) mass is 266 g/mol. The molecule has 1 aromatic carbocycles. The summed E-state index contributed by atoms with van der Waals surface area (Å²) in [7, 11) is 0. The highest BCUT2D eigenvalue weighted by atomic mass is 35.5. The maximum absolute atomic E-state index is 13.6. The third-order valence-corrected chi connectivity index (χ3v) is 2.83. The summed E-state index contributed by atoms with van der Waals surface area (Å²) in [6.07, 6.45) is 3.40. The van der Waals surface area contributed by atoms with E-state index in [4.69, 9.17) is 17.4 Å². The Morgan fingerprint density at radius 2 is 2.22 bits per heavy atom. The minimum absolute atomic E-state index is 0.291. The summed E-state index contributed by atoms with van der Waals surface area (Å²) in [4.78, 5) is 7.92. The Morgan fingerprint density at radius 1 is 1.39 bits per heavy atom. The molecule has 2 rings (SSSR count). The number of nitrogens with two attached hydrogens (primary N) is 1. The molecule has 1 aromatic heterocycles. The van der Waals surface area contributed by atoms with E-state index in [0.717, 1.165) is 0 Å². The lowest BCUT2D eigenvalue weighted by molar-refractivity contribution is 0.518. The summed E-state index contributed by atoms with van der Waals surface area (Å²) in [5.74, 6) is 5.16. The lowest BCUT2D eigenvalue weighted by Gasteiger charge is -2.15. The van der Waals surface area contributed by atoms with Gasteiger partial charge in [-0.25, -0.2) is 14.4 Å². The molecule has 0 radical (unpaired) electrons. The van der Waals surface area contributed by atoms with Crippen LogP contribution in [0.5, 0.6) is 0 Å². The summed E-state index contributed by atoms with van der Waals surface area (Å²) >= 11 is 5.85. The van der Waals surface area contributed by atoms with Crippen LogP contribution in [0.25, 0.3) is 0 Å². The molecule has 4 nitrogen and oxygen atoms in total. The maximum Gasteiger partial charge on any atom is 0.126 e. The van der Waals surface area contributed by atoms with Crippen LogP contribution in [0.3, 0.4) is 0 Å². The molecule has 0 saturated heterocycles. The molecule has 2 aromatic rings. The summed E-state index contributed by atoms with van der Waals surface area (Å²) < 4.78 is 13.6. The van der Waals surface area contributed by atoms with E-state index in [1.54, 1.807) is 18.3 Å². The van der Waals surface area contributed by atoms with Crippen molar-refractivity contribution in [1.29, 1.82) is 0 Å². The van der Waals surface area contributed by atoms with Crippen LogP contribution >= 0.6 is 11.6 Å². The molecule has 18 heavy (non-hydrogen) atoms. The molecule has 0 spiro atoms. The van der Waals surface area contributed by atoms with Crippen molar-refractivity contribution in [2.75, 3.05) is 0 Å². The van der Waals surface area contributed by atoms with Crippen LogP contribution in [0.4, 0.5) is 4.39 Å². The summed E-state index contributed by atoms with van der Waals surface area (Å²) in [6, 6.07) is 5.87. The predicted molar refractivity (Wildman–Crippen MR) is 67.2 cm³/mol. The zero-order chi connectivity index (χ0) is 13.0. The van der Waals surface area contributed by atoms with Gasteiger partial charge in [-0.05, 0) is 36.2 Å². The zero-order valence-corrected chi connectivity index (χ0v) is 10.2. The third kappa shape index (κ3) is 3.01. The van der Waals surface area contributed by atoms with Gasteiger partial charge in [0.25, 0.3) is 0 Å². The highest BCUT2D eigenvalue weighted by Crippen LogP contribution is 2.20. The number of hydrogen-bond acceptors (Lipinski definition) is 4. The van der Waals surface area contributed by atoms with Crippen molar-refractivity contribution in [2.45, 2.75) is 12.5 Å². The van der Waals surface area contributed by atoms with E-state index in [2.05, 4.69) is 15.4 Å². The first kappa shape index (κ1) is 12.9. The highest BCUT2D eigenvalue weighted by Gasteiger charge is 2.14. The van der Waals surface area contributed by atoms with E-state index in [-0.39, 0.29) is 11.9 Å². The highest BCUT2D eigenvalue weighted by molar-refractivity contribution is 6.30. The van der Waals surface area contributed by atoms with Gasteiger partial charge in [0.1, 0.15) is 12.1 Å². The fourth-order valence-corrected chi connectivity index (χ4v) is 1.87. The quantitative estimate of drug-likeness (QED) is 0.656. The number of aromatic nitrogens is 2. The molecule has 0 aliphatic rings. The van der Waals surface area contributed by atoms with Gasteiger partial charge in [0.2, 0.25) is 0 Å². The molecule has 0 amide bonds.